The highest BCUT2D eigenvalue weighted by Gasteiger charge is 2.32. The Morgan fingerprint density at radius 2 is 2.18 bits per heavy atom. The molecule has 3 rings (SSSR count). The maximum atomic E-state index is 13.2. The first kappa shape index (κ1) is 11.0. The van der Waals surface area contributed by atoms with E-state index in [2.05, 4.69) is 9.80 Å². The highest BCUT2D eigenvalue weighted by molar-refractivity contribution is 5.32. The van der Waals surface area contributed by atoms with E-state index in [0.717, 1.165) is 19.6 Å². The first-order valence-corrected chi connectivity index (χ1v) is 6.16. The number of nitrogens with zero attached hydrogens (tertiary/aromatic N) is 2. The molecule has 2 heterocycles. The largest absolute Gasteiger partial charge is 0.508 e. The highest BCUT2D eigenvalue weighted by Crippen LogP contribution is 2.25. The predicted molar refractivity (Wildman–Crippen MR) is 63.3 cm³/mol. The van der Waals surface area contributed by atoms with Gasteiger partial charge in [-0.3, -0.25) is 4.90 Å². The maximum Gasteiger partial charge on any atom is 0.123 e. The number of rotatable bonds is 2. The Kier molecular flexibility index (Phi) is 2.76. The van der Waals surface area contributed by atoms with Gasteiger partial charge in [-0.25, -0.2) is 4.39 Å². The zero-order chi connectivity index (χ0) is 11.8. The Hall–Kier alpha value is -1.13. The second kappa shape index (κ2) is 4.27. The van der Waals surface area contributed by atoms with Crippen LogP contribution in [0.5, 0.6) is 5.75 Å². The summed E-state index contributed by atoms with van der Waals surface area (Å²) in [6.07, 6.45) is 1.19. The van der Waals surface area contributed by atoms with E-state index in [0.29, 0.717) is 18.2 Å². The molecule has 2 bridgehead atoms. The zero-order valence-corrected chi connectivity index (χ0v) is 9.77. The summed E-state index contributed by atoms with van der Waals surface area (Å²) in [6.45, 7) is 5.06. The normalized spacial score (nSPS) is 28.5. The molecular weight excluding hydrogens is 219 g/mol. The fourth-order valence-electron chi connectivity index (χ4n) is 2.87. The van der Waals surface area contributed by atoms with Crippen LogP contribution in [0.2, 0.25) is 0 Å². The van der Waals surface area contributed by atoms with E-state index in [9.17, 15) is 9.50 Å². The number of fused-ring (bicyclic) bond motifs is 2. The summed E-state index contributed by atoms with van der Waals surface area (Å²) in [6, 6.07) is 4.75. The van der Waals surface area contributed by atoms with Gasteiger partial charge in [0.2, 0.25) is 0 Å². The molecule has 0 radical (unpaired) electrons. The monoisotopic (exact) mass is 236 g/mol. The number of aromatic hydroxyl groups is 1. The quantitative estimate of drug-likeness (QED) is 0.841. The molecule has 1 aromatic rings. The summed E-state index contributed by atoms with van der Waals surface area (Å²) >= 11 is 0. The number of phenolic OH excluding ortho intramolecular Hbond substituents is 1. The van der Waals surface area contributed by atoms with Crippen molar-refractivity contribution in [3.05, 3.63) is 29.6 Å². The number of benzene rings is 1. The molecule has 17 heavy (non-hydrogen) atoms. The summed E-state index contributed by atoms with van der Waals surface area (Å²) in [5, 5.41) is 9.73. The topological polar surface area (TPSA) is 26.7 Å². The Balaban J connectivity index is 1.75. The van der Waals surface area contributed by atoms with Crippen LogP contribution in [0.1, 0.15) is 12.0 Å². The van der Waals surface area contributed by atoms with Crippen LogP contribution in [0.3, 0.4) is 0 Å². The molecule has 92 valence electrons. The fourth-order valence-corrected chi connectivity index (χ4v) is 2.87. The van der Waals surface area contributed by atoms with Gasteiger partial charge in [0.15, 0.2) is 0 Å². The lowest BCUT2D eigenvalue weighted by molar-refractivity contribution is 0.127. The standard InChI is InChI=1S/C13H17FN2O/c14-11-1-2-13(17)10(7-11)8-16-6-5-15-4-3-12(16)9-15/h1-2,7,12,17H,3-6,8-9H2. The molecule has 1 aromatic carbocycles. The van der Waals surface area contributed by atoms with E-state index in [1.54, 1.807) is 0 Å². The summed E-state index contributed by atoms with van der Waals surface area (Å²) in [5.74, 6) is -0.0744. The molecule has 1 N–H and O–H groups in total. The lowest BCUT2D eigenvalue weighted by Crippen LogP contribution is -2.46. The molecular formula is C13H17FN2O. The Morgan fingerprint density at radius 3 is 3.06 bits per heavy atom. The molecule has 0 amide bonds. The minimum Gasteiger partial charge on any atom is -0.508 e. The lowest BCUT2D eigenvalue weighted by Gasteiger charge is -2.34. The van der Waals surface area contributed by atoms with Gasteiger partial charge >= 0.3 is 0 Å². The lowest BCUT2D eigenvalue weighted by atomic mass is 10.1. The van der Waals surface area contributed by atoms with Crippen molar-refractivity contribution in [2.75, 3.05) is 26.2 Å². The predicted octanol–water partition coefficient (Wildman–Crippen LogP) is 1.42. The van der Waals surface area contributed by atoms with Gasteiger partial charge in [-0.1, -0.05) is 0 Å². The van der Waals surface area contributed by atoms with E-state index in [-0.39, 0.29) is 11.6 Å². The summed E-state index contributed by atoms with van der Waals surface area (Å²) in [7, 11) is 0. The van der Waals surface area contributed by atoms with Crippen molar-refractivity contribution in [1.82, 2.24) is 9.80 Å². The number of hydrogen-bond donors (Lipinski definition) is 1. The van der Waals surface area contributed by atoms with E-state index < -0.39 is 0 Å². The molecule has 4 heteroatoms. The van der Waals surface area contributed by atoms with Gasteiger partial charge in [-0.15, -0.1) is 0 Å². The molecule has 0 aromatic heterocycles. The van der Waals surface area contributed by atoms with Crippen molar-refractivity contribution in [2.24, 2.45) is 0 Å². The van der Waals surface area contributed by atoms with Gasteiger partial charge in [-0.2, -0.15) is 0 Å². The minimum absolute atomic E-state index is 0.201. The zero-order valence-electron chi connectivity index (χ0n) is 9.77. The van der Waals surface area contributed by atoms with Crippen molar-refractivity contribution in [2.45, 2.75) is 19.0 Å². The van der Waals surface area contributed by atoms with Crippen LogP contribution in [0, 0.1) is 5.82 Å². The Bertz CT molecular complexity index is 424. The number of piperazine rings is 1. The first-order chi connectivity index (χ1) is 8.22. The third-order valence-corrected chi connectivity index (χ3v) is 3.88. The molecule has 2 fully saturated rings. The molecule has 2 saturated heterocycles. The van der Waals surface area contributed by atoms with Gasteiger partial charge in [0, 0.05) is 37.8 Å². The second-order valence-corrected chi connectivity index (χ2v) is 4.99. The fraction of sp³-hybridized carbons (Fsp3) is 0.538. The second-order valence-electron chi connectivity index (χ2n) is 4.99. The van der Waals surface area contributed by atoms with E-state index >= 15 is 0 Å². The summed E-state index contributed by atoms with van der Waals surface area (Å²) < 4.78 is 13.2. The van der Waals surface area contributed by atoms with E-state index in [4.69, 9.17) is 0 Å². The van der Waals surface area contributed by atoms with Crippen molar-refractivity contribution in [3.8, 4) is 5.75 Å². The van der Waals surface area contributed by atoms with Crippen molar-refractivity contribution in [1.29, 1.82) is 0 Å². The third-order valence-electron chi connectivity index (χ3n) is 3.88. The molecule has 0 aliphatic carbocycles. The highest BCUT2D eigenvalue weighted by atomic mass is 19.1. The van der Waals surface area contributed by atoms with Gasteiger partial charge in [-0.05, 0) is 31.2 Å². The molecule has 2 atom stereocenters. The van der Waals surface area contributed by atoms with Gasteiger partial charge in [0.1, 0.15) is 11.6 Å². The van der Waals surface area contributed by atoms with Crippen LogP contribution >= 0.6 is 0 Å². The molecule has 0 spiro atoms. The Labute approximate surface area is 100 Å². The van der Waals surface area contributed by atoms with Gasteiger partial charge < -0.3 is 10.0 Å². The van der Waals surface area contributed by atoms with Crippen LogP contribution in [0.15, 0.2) is 18.2 Å². The molecule has 2 unspecified atom stereocenters. The average Bonchev–Trinajstić information content (AvgIpc) is 2.70. The first-order valence-electron chi connectivity index (χ1n) is 6.16. The van der Waals surface area contributed by atoms with Crippen LogP contribution in [0.4, 0.5) is 4.39 Å². The van der Waals surface area contributed by atoms with Crippen molar-refractivity contribution >= 4 is 0 Å². The smallest absolute Gasteiger partial charge is 0.123 e. The molecule has 0 saturated carbocycles. The van der Waals surface area contributed by atoms with Gasteiger partial charge in [0.25, 0.3) is 0 Å². The maximum absolute atomic E-state index is 13.2. The van der Waals surface area contributed by atoms with Crippen LogP contribution in [-0.4, -0.2) is 47.1 Å². The third kappa shape index (κ3) is 2.15. The van der Waals surface area contributed by atoms with Crippen molar-refractivity contribution < 1.29 is 9.50 Å². The molecule has 2 aliphatic heterocycles. The van der Waals surface area contributed by atoms with Crippen LogP contribution < -0.4 is 0 Å². The number of hydrogen-bond acceptors (Lipinski definition) is 3. The summed E-state index contributed by atoms with van der Waals surface area (Å²) in [5.41, 5.74) is 0.699. The number of phenols is 1. The Morgan fingerprint density at radius 1 is 1.29 bits per heavy atom. The average molecular weight is 236 g/mol. The van der Waals surface area contributed by atoms with Gasteiger partial charge in [0.05, 0.1) is 0 Å². The number of halogens is 1. The molecule has 2 aliphatic rings. The van der Waals surface area contributed by atoms with Crippen LogP contribution in [-0.2, 0) is 6.54 Å². The SMILES string of the molecule is Oc1ccc(F)cc1CN1CCN2CCC1C2. The van der Waals surface area contributed by atoms with E-state index in [1.807, 2.05) is 0 Å². The minimum atomic E-state index is -0.275. The summed E-state index contributed by atoms with van der Waals surface area (Å²) in [4.78, 5) is 4.82. The van der Waals surface area contributed by atoms with Crippen molar-refractivity contribution in [3.63, 3.8) is 0 Å². The molecule has 3 nitrogen and oxygen atoms in total. The van der Waals surface area contributed by atoms with Crippen LogP contribution in [0.25, 0.3) is 0 Å². The van der Waals surface area contributed by atoms with E-state index in [1.165, 1.54) is 31.2 Å².